The predicted octanol–water partition coefficient (Wildman–Crippen LogP) is 1.68. The Bertz CT molecular complexity index is 651. The molecule has 0 atom stereocenters. The SMILES string of the molecule is CCOC(=O)Cc1nc2ccc(Cl)cc2c(=O)[nH]1. The summed E-state index contributed by atoms with van der Waals surface area (Å²) in [6.45, 7) is 2.02. The summed E-state index contributed by atoms with van der Waals surface area (Å²) in [5, 5.41) is 0.864. The number of carbonyl (C=O) groups is 1. The number of hydrogen-bond acceptors (Lipinski definition) is 4. The molecule has 2 rings (SSSR count). The molecule has 1 aromatic heterocycles. The Morgan fingerprint density at radius 3 is 3.00 bits per heavy atom. The van der Waals surface area contributed by atoms with Gasteiger partial charge in [0.25, 0.3) is 5.56 Å². The third-order valence-corrected chi connectivity index (χ3v) is 2.57. The molecule has 0 aliphatic heterocycles. The van der Waals surface area contributed by atoms with Crippen LogP contribution in [-0.2, 0) is 16.0 Å². The van der Waals surface area contributed by atoms with E-state index in [1.165, 1.54) is 6.07 Å². The highest BCUT2D eigenvalue weighted by Crippen LogP contribution is 2.14. The summed E-state index contributed by atoms with van der Waals surface area (Å²) in [7, 11) is 0. The molecule has 18 heavy (non-hydrogen) atoms. The van der Waals surface area contributed by atoms with Gasteiger partial charge < -0.3 is 9.72 Å². The van der Waals surface area contributed by atoms with E-state index in [4.69, 9.17) is 16.3 Å². The van der Waals surface area contributed by atoms with Crippen LogP contribution in [0.25, 0.3) is 10.9 Å². The van der Waals surface area contributed by atoms with Crippen LogP contribution in [0.5, 0.6) is 0 Å². The number of nitrogens with zero attached hydrogens (tertiary/aromatic N) is 1. The minimum absolute atomic E-state index is 0.0539. The molecule has 94 valence electrons. The van der Waals surface area contributed by atoms with Crippen LogP contribution in [0.4, 0.5) is 0 Å². The minimum atomic E-state index is -0.422. The van der Waals surface area contributed by atoms with E-state index in [2.05, 4.69) is 9.97 Å². The summed E-state index contributed by atoms with van der Waals surface area (Å²) >= 11 is 5.80. The summed E-state index contributed by atoms with van der Waals surface area (Å²) in [5.74, 6) is -0.137. The molecule has 0 fully saturated rings. The van der Waals surface area contributed by atoms with Crippen molar-refractivity contribution in [1.82, 2.24) is 9.97 Å². The van der Waals surface area contributed by atoms with Gasteiger partial charge in [-0.3, -0.25) is 9.59 Å². The molecule has 0 radical (unpaired) electrons. The van der Waals surface area contributed by atoms with Gasteiger partial charge in [0.05, 0.1) is 17.5 Å². The van der Waals surface area contributed by atoms with Crippen LogP contribution >= 0.6 is 11.6 Å². The number of halogens is 1. The number of esters is 1. The Morgan fingerprint density at radius 1 is 1.50 bits per heavy atom. The first-order chi connectivity index (χ1) is 8.60. The van der Waals surface area contributed by atoms with Crippen molar-refractivity contribution in [3.05, 3.63) is 39.4 Å². The maximum Gasteiger partial charge on any atom is 0.313 e. The molecule has 0 aliphatic rings. The third-order valence-electron chi connectivity index (χ3n) is 2.33. The normalized spacial score (nSPS) is 10.6. The Balaban J connectivity index is 2.40. The van der Waals surface area contributed by atoms with E-state index in [0.717, 1.165) is 0 Å². The number of ether oxygens (including phenoxy) is 1. The molecular formula is C12H11ClN2O3. The molecule has 0 unspecified atom stereocenters. The number of aromatic amines is 1. The maximum absolute atomic E-state index is 11.8. The van der Waals surface area contributed by atoms with Gasteiger partial charge in [-0.15, -0.1) is 0 Å². The van der Waals surface area contributed by atoms with Crippen LogP contribution in [0.1, 0.15) is 12.7 Å². The highest BCUT2D eigenvalue weighted by atomic mass is 35.5. The molecule has 1 heterocycles. The van der Waals surface area contributed by atoms with Gasteiger partial charge in [-0.1, -0.05) is 11.6 Å². The number of fused-ring (bicyclic) bond motifs is 1. The zero-order chi connectivity index (χ0) is 13.1. The topological polar surface area (TPSA) is 72.0 Å². The number of H-pyrrole nitrogens is 1. The summed E-state index contributed by atoms with van der Waals surface area (Å²) in [6.07, 6.45) is -0.0539. The second-order valence-electron chi connectivity index (χ2n) is 3.66. The smallest absolute Gasteiger partial charge is 0.313 e. The third kappa shape index (κ3) is 2.68. The number of rotatable bonds is 3. The predicted molar refractivity (Wildman–Crippen MR) is 67.7 cm³/mol. The molecule has 0 amide bonds. The van der Waals surface area contributed by atoms with Gasteiger partial charge in [0.15, 0.2) is 0 Å². The molecule has 1 N–H and O–H groups in total. The van der Waals surface area contributed by atoms with Gasteiger partial charge in [0, 0.05) is 5.02 Å². The minimum Gasteiger partial charge on any atom is -0.466 e. The van der Waals surface area contributed by atoms with Gasteiger partial charge in [-0.05, 0) is 25.1 Å². The zero-order valence-electron chi connectivity index (χ0n) is 9.70. The fourth-order valence-corrected chi connectivity index (χ4v) is 1.76. The zero-order valence-corrected chi connectivity index (χ0v) is 10.5. The molecule has 0 aliphatic carbocycles. The summed E-state index contributed by atoms with van der Waals surface area (Å²) in [4.78, 5) is 29.8. The molecule has 6 heteroatoms. The average molecular weight is 267 g/mol. The number of benzene rings is 1. The first-order valence-electron chi connectivity index (χ1n) is 5.44. The lowest BCUT2D eigenvalue weighted by Gasteiger charge is -2.03. The summed E-state index contributed by atoms with van der Waals surface area (Å²) in [5.41, 5.74) is 0.184. The first-order valence-corrected chi connectivity index (χ1v) is 5.82. The van der Waals surface area contributed by atoms with Crippen molar-refractivity contribution in [2.24, 2.45) is 0 Å². The summed E-state index contributed by atoms with van der Waals surface area (Å²) in [6, 6.07) is 4.82. The fraction of sp³-hybridized carbons (Fsp3) is 0.250. The van der Waals surface area contributed by atoms with Crippen molar-refractivity contribution < 1.29 is 9.53 Å². The number of nitrogens with one attached hydrogen (secondary N) is 1. The van der Waals surface area contributed by atoms with Gasteiger partial charge in [0.2, 0.25) is 0 Å². The van der Waals surface area contributed by atoms with E-state index < -0.39 is 5.97 Å². The Hall–Kier alpha value is -1.88. The maximum atomic E-state index is 11.8. The van der Waals surface area contributed by atoms with Crippen LogP contribution in [0.2, 0.25) is 5.02 Å². The van der Waals surface area contributed by atoms with Crippen LogP contribution in [0, 0.1) is 0 Å². The lowest BCUT2D eigenvalue weighted by molar-refractivity contribution is -0.142. The number of aromatic nitrogens is 2. The van der Waals surface area contributed by atoms with Crippen molar-refractivity contribution in [3.8, 4) is 0 Å². The van der Waals surface area contributed by atoms with Gasteiger partial charge >= 0.3 is 5.97 Å². The van der Waals surface area contributed by atoms with Crippen LogP contribution in [-0.4, -0.2) is 22.5 Å². The quantitative estimate of drug-likeness (QED) is 0.858. The van der Waals surface area contributed by atoms with E-state index in [1.807, 2.05) is 0 Å². The molecule has 0 saturated carbocycles. The average Bonchev–Trinajstić information content (AvgIpc) is 2.30. The largest absolute Gasteiger partial charge is 0.466 e. The number of carbonyl (C=O) groups excluding carboxylic acids is 1. The second-order valence-corrected chi connectivity index (χ2v) is 4.09. The van der Waals surface area contributed by atoms with Gasteiger partial charge in [0.1, 0.15) is 12.2 Å². The highest BCUT2D eigenvalue weighted by Gasteiger charge is 2.09. The van der Waals surface area contributed by atoms with Gasteiger partial charge in [-0.25, -0.2) is 4.98 Å². The van der Waals surface area contributed by atoms with E-state index in [0.29, 0.717) is 22.5 Å². The van der Waals surface area contributed by atoms with Crippen LogP contribution < -0.4 is 5.56 Å². The molecule has 0 spiro atoms. The highest BCUT2D eigenvalue weighted by molar-refractivity contribution is 6.31. The Kier molecular flexibility index (Phi) is 3.62. The monoisotopic (exact) mass is 266 g/mol. The van der Waals surface area contributed by atoms with Gasteiger partial charge in [-0.2, -0.15) is 0 Å². The van der Waals surface area contributed by atoms with E-state index in [-0.39, 0.29) is 17.8 Å². The van der Waals surface area contributed by atoms with Crippen LogP contribution in [0.3, 0.4) is 0 Å². The van der Waals surface area contributed by atoms with Crippen molar-refractivity contribution in [1.29, 1.82) is 0 Å². The van der Waals surface area contributed by atoms with Crippen molar-refractivity contribution in [2.75, 3.05) is 6.61 Å². The molecule has 2 aromatic rings. The van der Waals surface area contributed by atoms with Crippen molar-refractivity contribution in [3.63, 3.8) is 0 Å². The van der Waals surface area contributed by atoms with Crippen molar-refractivity contribution >= 4 is 28.5 Å². The van der Waals surface area contributed by atoms with Crippen LogP contribution in [0.15, 0.2) is 23.0 Å². The number of hydrogen-bond donors (Lipinski definition) is 1. The molecule has 5 nitrogen and oxygen atoms in total. The standard InChI is InChI=1S/C12H11ClN2O3/c1-2-18-11(16)6-10-14-9-4-3-7(13)5-8(9)12(17)15-10/h3-5H,2,6H2,1H3,(H,14,15,17). The molecular weight excluding hydrogens is 256 g/mol. The Labute approximate surface area is 108 Å². The van der Waals surface area contributed by atoms with E-state index >= 15 is 0 Å². The van der Waals surface area contributed by atoms with E-state index in [1.54, 1.807) is 19.1 Å². The summed E-state index contributed by atoms with van der Waals surface area (Å²) < 4.78 is 4.79. The molecule has 0 bridgehead atoms. The van der Waals surface area contributed by atoms with E-state index in [9.17, 15) is 9.59 Å². The lowest BCUT2D eigenvalue weighted by atomic mass is 10.2. The Morgan fingerprint density at radius 2 is 2.28 bits per heavy atom. The second kappa shape index (κ2) is 5.18. The van der Waals surface area contributed by atoms with Crippen molar-refractivity contribution in [2.45, 2.75) is 13.3 Å². The first kappa shape index (κ1) is 12.6. The molecule has 0 saturated heterocycles. The fourth-order valence-electron chi connectivity index (χ4n) is 1.59. The lowest BCUT2D eigenvalue weighted by Crippen LogP contribution is -2.16. The molecule has 1 aromatic carbocycles.